The number of amides is 1. The van der Waals surface area contributed by atoms with E-state index in [2.05, 4.69) is 23.4 Å². The molecule has 1 N–H and O–H groups in total. The third-order valence-electron chi connectivity index (χ3n) is 4.39. The highest BCUT2D eigenvalue weighted by Crippen LogP contribution is 2.35. The van der Waals surface area contributed by atoms with Crippen LogP contribution in [0.5, 0.6) is 0 Å². The molecule has 0 saturated carbocycles. The third-order valence-corrected chi connectivity index (χ3v) is 5.78. The number of hydrogen-bond acceptors (Lipinski definition) is 2. The van der Waals surface area contributed by atoms with Crippen molar-refractivity contribution < 1.29 is 4.79 Å². The van der Waals surface area contributed by atoms with Gasteiger partial charge in [0.25, 0.3) is 5.91 Å². The number of nitrogens with one attached hydrogen (secondary N) is 1. The molecule has 1 aromatic carbocycles. The van der Waals surface area contributed by atoms with Crippen molar-refractivity contribution in [2.24, 2.45) is 0 Å². The van der Waals surface area contributed by atoms with Crippen LogP contribution < -0.4 is 0 Å². The second kappa shape index (κ2) is 5.14. The maximum absolute atomic E-state index is 12.9. The standard InChI is InChI=1S/C17H15ClN2OS/c1-10-11-7-9-22-14(11)6-8-20(10)17(21)16-15(18)12-4-2-3-5-13(12)19-16/h2-5,7,9-10,19H,6,8H2,1H3. The minimum atomic E-state index is -0.0226. The van der Waals surface area contributed by atoms with Crippen LogP contribution in [0.4, 0.5) is 0 Å². The molecule has 1 unspecified atom stereocenters. The van der Waals surface area contributed by atoms with E-state index in [4.69, 9.17) is 11.6 Å². The lowest BCUT2D eigenvalue weighted by atomic mass is 10.0. The topological polar surface area (TPSA) is 36.1 Å². The smallest absolute Gasteiger partial charge is 0.272 e. The number of fused-ring (bicyclic) bond motifs is 2. The molecule has 2 aromatic heterocycles. The van der Waals surface area contributed by atoms with Gasteiger partial charge in [-0.15, -0.1) is 11.3 Å². The molecule has 0 saturated heterocycles. The average Bonchev–Trinajstić information content (AvgIpc) is 3.13. The van der Waals surface area contributed by atoms with Gasteiger partial charge in [-0.2, -0.15) is 0 Å². The highest BCUT2D eigenvalue weighted by molar-refractivity contribution is 7.10. The first kappa shape index (κ1) is 13.9. The molecule has 5 heteroatoms. The Balaban J connectivity index is 1.74. The van der Waals surface area contributed by atoms with E-state index in [1.54, 1.807) is 11.3 Å². The lowest BCUT2D eigenvalue weighted by Crippen LogP contribution is -2.38. The molecule has 0 fully saturated rings. The van der Waals surface area contributed by atoms with Crippen LogP contribution in [0.15, 0.2) is 35.7 Å². The zero-order valence-electron chi connectivity index (χ0n) is 12.1. The Morgan fingerprint density at radius 3 is 3.00 bits per heavy atom. The van der Waals surface area contributed by atoms with E-state index in [0.29, 0.717) is 10.7 Å². The van der Waals surface area contributed by atoms with E-state index in [-0.39, 0.29) is 11.9 Å². The van der Waals surface area contributed by atoms with E-state index in [1.165, 1.54) is 10.4 Å². The number of H-pyrrole nitrogens is 1. The number of nitrogens with zero attached hydrogens (tertiary/aromatic N) is 1. The van der Waals surface area contributed by atoms with Crippen molar-refractivity contribution >= 4 is 39.7 Å². The van der Waals surface area contributed by atoms with Crippen molar-refractivity contribution in [3.8, 4) is 0 Å². The molecule has 0 aliphatic carbocycles. The minimum Gasteiger partial charge on any atom is -0.349 e. The average molecular weight is 331 g/mol. The van der Waals surface area contributed by atoms with Crippen LogP contribution in [0, 0.1) is 0 Å². The van der Waals surface area contributed by atoms with E-state index in [1.807, 2.05) is 29.2 Å². The molecule has 0 radical (unpaired) electrons. The Morgan fingerprint density at radius 2 is 2.18 bits per heavy atom. The van der Waals surface area contributed by atoms with Crippen LogP contribution in [0.1, 0.15) is 33.9 Å². The second-order valence-corrected chi connectivity index (χ2v) is 6.96. The summed E-state index contributed by atoms with van der Waals surface area (Å²) in [5.74, 6) is -0.0226. The first-order valence-electron chi connectivity index (χ1n) is 7.30. The summed E-state index contributed by atoms with van der Waals surface area (Å²) in [5.41, 5.74) is 2.65. The summed E-state index contributed by atoms with van der Waals surface area (Å²) >= 11 is 8.20. The Bertz CT molecular complexity index is 867. The van der Waals surface area contributed by atoms with Gasteiger partial charge < -0.3 is 9.88 Å². The predicted molar refractivity (Wildman–Crippen MR) is 90.8 cm³/mol. The minimum absolute atomic E-state index is 0.0226. The number of thiophene rings is 1. The van der Waals surface area contributed by atoms with Gasteiger partial charge in [0.15, 0.2) is 0 Å². The van der Waals surface area contributed by atoms with Gasteiger partial charge in [0, 0.05) is 22.3 Å². The van der Waals surface area contributed by atoms with Gasteiger partial charge >= 0.3 is 0 Å². The summed E-state index contributed by atoms with van der Waals surface area (Å²) in [5, 5.41) is 3.52. The summed E-state index contributed by atoms with van der Waals surface area (Å²) in [7, 11) is 0. The van der Waals surface area contributed by atoms with Gasteiger partial charge in [-0.05, 0) is 36.4 Å². The molecule has 3 nitrogen and oxygen atoms in total. The SMILES string of the molecule is CC1c2ccsc2CCN1C(=O)c1[nH]c2ccccc2c1Cl. The molecular formula is C17H15ClN2OS. The molecule has 0 spiro atoms. The molecule has 112 valence electrons. The number of halogens is 1. The van der Waals surface area contributed by atoms with Crippen molar-refractivity contribution in [2.45, 2.75) is 19.4 Å². The Morgan fingerprint density at radius 1 is 1.36 bits per heavy atom. The van der Waals surface area contributed by atoms with Gasteiger partial charge in [-0.3, -0.25) is 4.79 Å². The van der Waals surface area contributed by atoms with Crippen LogP contribution in [-0.4, -0.2) is 22.3 Å². The summed E-state index contributed by atoms with van der Waals surface area (Å²) < 4.78 is 0. The summed E-state index contributed by atoms with van der Waals surface area (Å²) in [6.07, 6.45) is 0.918. The molecule has 1 aliphatic heterocycles. The molecule has 1 amide bonds. The van der Waals surface area contributed by atoms with Crippen LogP contribution in [0.25, 0.3) is 10.9 Å². The highest BCUT2D eigenvalue weighted by Gasteiger charge is 2.31. The number of carbonyl (C=O) groups excluding carboxylic acids is 1. The molecule has 0 bridgehead atoms. The van der Waals surface area contributed by atoms with Gasteiger partial charge in [0.1, 0.15) is 5.69 Å². The van der Waals surface area contributed by atoms with Crippen molar-refractivity contribution in [1.82, 2.24) is 9.88 Å². The van der Waals surface area contributed by atoms with Crippen LogP contribution >= 0.6 is 22.9 Å². The second-order valence-electron chi connectivity index (χ2n) is 5.58. The molecular weight excluding hydrogens is 316 g/mol. The summed E-state index contributed by atoms with van der Waals surface area (Å²) in [4.78, 5) is 19.4. The monoisotopic (exact) mass is 330 g/mol. The van der Waals surface area contributed by atoms with Crippen molar-refractivity contribution in [3.05, 3.63) is 56.9 Å². The van der Waals surface area contributed by atoms with Gasteiger partial charge in [-0.1, -0.05) is 29.8 Å². The zero-order valence-corrected chi connectivity index (χ0v) is 13.7. The maximum Gasteiger partial charge on any atom is 0.272 e. The van der Waals surface area contributed by atoms with Crippen LogP contribution in [0.2, 0.25) is 5.02 Å². The number of hydrogen-bond donors (Lipinski definition) is 1. The number of carbonyl (C=O) groups is 1. The van der Waals surface area contributed by atoms with Crippen LogP contribution in [-0.2, 0) is 6.42 Å². The number of rotatable bonds is 1. The van der Waals surface area contributed by atoms with E-state index >= 15 is 0 Å². The van der Waals surface area contributed by atoms with Crippen LogP contribution in [0.3, 0.4) is 0 Å². The Hall–Kier alpha value is -1.78. The Labute approximate surface area is 137 Å². The number of para-hydroxylation sites is 1. The molecule has 3 aromatic rings. The van der Waals surface area contributed by atoms with E-state index < -0.39 is 0 Å². The van der Waals surface area contributed by atoms with Crippen molar-refractivity contribution in [2.75, 3.05) is 6.54 Å². The normalized spacial score (nSPS) is 17.7. The Kier molecular flexibility index (Phi) is 3.24. The van der Waals surface area contributed by atoms with E-state index in [0.717, 1.165) is 23.9 Å². The number of aromatic nitrogens is 1. The quantitative estimate of drug-likeness (QED) is 0.693. The van der Waals surface area contributed by atoms with Crippen molar-refractivity contribution in [3.63, 3.8) is 0 Å². The molecule has 3 heterocycles. The fourth-order valence-electron chi connectivity index (χ4n) is 3.19. The number of aromatic amines is 1. The fraction of sp³-hybridized carbons (Fsp3) is 0.235. The fourth-order valence-corrected chi connectivity index (χ4v) is 4.44. The first-order chi connectivity index (χ1) is 10.7. The predicted octanol–water partition coefficient (Wildman–Crippen LogP) is 4.64. The van der Waals surface area contributed by atoms with Gasteiger partial charge in [0.2, 0.25) is 0 Å². The van der Waals surface area contributed by atoms with Gasteiger partial charge in [-0.25, -0.2) is 0 Å². The highest BCUT2D eigenvalue weighted by atomic mass is 35.5. The van der Waals surface area contributed by atoms with Crippen molar-refractivity contribution in [1.29, 1.82) is 0 Å². The van der Waals surface area contributed by atoms with Gasteiger partial charge in [0.05, 0.1) is 11.1 Å². The summed E-state index contributed by atoms with van der Waals surface area (Å²) in [6, 6.07) is 9.94. The molecule has 22 heavy (non-hydrogen) atoms. The maximum atomic E-state index is 12.9. The van der Waals surface area contributed by atoms with E-state index in [9.17, 15) is 4.79 Å². The first-order valence-corrected chi connectivity index (χ1v) is 8.56. The molecule has 4 rings (SSSR count). The summed E-state index contributed by atoms with van der Waals surface area (Å²) in [6.45, 7) is 2.82. The lowest BCUT2D eigenvalue weighted by Gasteiger charge is -2.33. The number of benzene rings is 1. The third kappa shape index (κ3) is 1.98. The zero-order chi connectivity index (χ0) is 15.3. The molecule has 1 atom stereocenters. The molecule has 1 aliphatic rings. The largest absolute Gasteiger partial charge is 0.349 e. The lowest BCUT2D eigenvalue weighted by molar-refractivity contribution is 0.0674.